The molecule has 1 aromatic heterocycles. The molecule has 0 radical (unpaired) electrons. The number of halogens is 2. The highest BCUT2D eigenvalue weighted by Crippen LogP contribution is 2.26. The third-order valence-corrected chi connectivity index (χ3v) is 4.30. The van der Waals surface area contributed by atoms with E-state index in [1.807, 2.05) is 0 Å². The number of piperidine rings is 1. The van der Waals surface area contributed by atoms with Gasteiger partial charge in [-0.05, 0) is 37.8 Å². The lowest BCUT2D eigenvalue weighted by atomic mass is 9.96. The van der Waals surface area contributed by atoms with Crippen molar-refractivity contribution in [2.45, 2.75) is 38.1 Å². The Morgan fingerprint density at radius 3 is 2.92 bits per heavy atom. The van der Waals surface area contributed by atoms with Gasteiger partial charge in [-0.15, -0.1) is 12.4 Å². The number of hydrogen-bond donors (Lipinski definition) is 2. The molecule has 0 spiro atoms. The van der Waals surface area contributed by atoms with Crippen LogP contribution in [0.2, 0.25) is 0 Å². The van der Waals surface area contributed by atoms with E-state index >= 15 is 0 Å². The third-order valence-electron chi connectivity index (χ3n) is 4.30. The lowest BCUT2D eigenvalue weighted by Gasteiger charge is -2.35. The van der Waals surface area contributed by atoms with E-state index in [4.69, 9.17) is 5.11 Å². The van der Waals surface area contributed by atoms with Crippen molar-refractivity contribution in [3.8, 4) is 0 Å². The average Bonchev–Trinajstić information content (AvgIpc) is 2.99. The summed E-state index contributed by atoms with van der Waals surface area (Å²) in [4.78, 5) is 32.3. The Hall–Kier alpha value is -2.15. The molecule has 6 nitrogen and oxygen atoms in total. The quantitative estimate of drug-likeness (QED) is 0.882. The van der Waals surface area contributed by atoms with Gasteiger partial charge in [0.25, 0.3) is 5.91 Å². The van der Waals surface area contributed by atoms with Gasteiger partial charge in [-0.25, -0.2) is 9.37 Å². The van der Waals surface area contributed by atoms with Crippen molar-refractivity contribution in [3.63, 3.8) is 0 Å². The number of nitrogens with zero attached hydrogens (tertiary/aromatic N) is 2. The molecule has 1 atom stereocenters. The standard InChI is InChI=1S/C16H18FN3O3.ClH/c17-10-7-12(15-13(8-10)18-9-19-15)16(23)20-6-2-1-3-11(20)4-5-14(21)22;/h7-9,11H,1-6H2,(H,18,19)(H,21,22);1H. The summed E-state index contributed by atoms with van der Waals surface area (Å²) in [5, 5.41) is 8.87. The van der Waals surface area contributed by atoms with Gasteiger partial charge in [-0.3, -0.25) is 9.59 Å². The highest BCUT2D eigenvalue weighted by Gasteiger charge is 2.29. The number of H-pyrrole nitrogens is 1. The van der Waals surface area contributed by atoms with E-state index in [1.165, 1.54) is 18.5 Å². The predicted molar refractivity (Wildman–Crippen MR) is 88.8 cm³/mol. The van der Waals surface area contributed by atoms with Crippen LogP contribution in [-0.2, 0) is 4.79 Å². The first kappa shape index (κ1) is 18.2. The minimum Gasteiger partial charge on any atom is -0.481 e. The Morgan fingerprint density at radius 2 is 2.17 bits per heavy atom. The molecule has 0 bridgehead atoms. The maximum Gasteiger partial charge on any atom is 0.303 e. The van der Waals surface area contributed by atoms with Crippen LogP contribution in [0.1, 0.15) is 42.5 Å². The zero-order valence-corrected chi connectivity index (χ0v) is 13.8. The van der Waals surface area contributed by atoms with E-state index in [2.05, 4.69) is 9.97 Å². The van der Waals surface area contributed by atoms with Crippen LogP contribution in [0, 0.1) is 5.82 Å². The maximum atomic E-state index is 13.8. The molecule has 24 heavy (non-hydrogen) atoms. The summed E-state index contributed by atoms with van der Waals surface area (Å²) >= 11 is 0. The zero-order valence-electron chi connectivity index (χ0n) is 13.0. The van der Waals surface area contributed by atoms with Crippen molar-refractivity contribution in [1.29, 1.82) is 0 Å². The number of benzene rings is 1. The number of carbonyl (C=O) groups is 2. The number of aromatic amines is 1. The van der Waals surface area contributed by atoms with Crippen LogP contribution in [-0.4, -0.2) is 44.4 Å². The van der Waals surface area contributed by atoms with Crippen LogP contribution in [0.4, 0.5) is 4.39 Å². The van der Waals surface area contributed by atoms with E-state index in [-0.39, 0.29) is 36.3 Å². The first-order chi connectivity index (χ1) is 11.1. The summed E-state index contributed by atoms with van der Waals surface area (Å²) in [5.74, 6) is -1.65. The van der Waals surface area contributed by atoms with E-state index in [0.717, 1.165) is 19.3 Å². The topological polar surface area (TPSA) is 86.3 Å². The van der Waals surface area contributed by atoms with Gasteiger partial charge >= 0.3 is 5.97 Å². The van der Waals surface area contributed by atoms with Gasteiger partial charge in [0.2, 0.25) is 0 Å². The van der Waals surface area contributed by atoms with Crippen LogP contribution in [0.5, 0.6) is 0 Å². The second kappa shape index (κ2) is 7.61. The number of fused-ring (bicyclic) bond motifs is 1. The van der Waals surface area contributed by atoms with E-state index in [1.54, 1.807) is 4.90 Å². The summed E-state index contributed by atoms with van der Waals surface area (Å²) in [6.07, 6.45) is 4.48. The number of hydrogen-bond acceptors (Lipinski definition) is 3. The summed E-state index contributed by atoms with van der Waals surface area (Å²) in [6.45, 7) is 0.561. The lowest BCUT2D eigenvalue weighted by molar-refractivity contribution is -0.137. The van der Waals surface area contributed by atoms with Gasteiger partial charge in [-0.2, -0.15) is 0 Å². The summed E-state index contributed by atoms with van der Waals surface area (Å²) < 4.78 is 13.8. The number of nitrogens with one attached hydrogen (secondary N) is 1. The average molecular weight is 356 g/mol. The number of carboxylic acids is 1. The summed E-state index contributed by atoms with van der Waals surface area (Å²) in [7, 11) is 0. The molecule has 0 aliphatic carbocycles. The Labute approximate surface area is 144 Å². The maximum absolute atomic E-state index is 13.8. The van der Waals surface area contributed by atoms with E-state index in [0.29, 0.717) is 24.0 Å². The minimum atomic E-state index is -0.872. The monoisotopic (exact) mass is 355 g/mol. The van der Waals surface area contributed by atoms with Crippen LogP contribution in [0.25, 0.3) is 11.0 Å². The molecule has 1 fully saturated rings. The van der Waals surface area contributed by atoms with E-state index in [9.17, 15) is 14.0 Å². The zero-order chi connectivity index (χ0) is 16.4. The first-order valence-electron chi connectivity index (χ1n) is 7.71. The van der Waals surface area contributed by atoms with Gasteiger partial charge in [0.05, 0.1) is 17.4 Å². The Balaban J connectivity index is 0.00000208. The van der Waals surface area contributed by atoms with Gasteiger partial charge in [0.15, 0.2) is 0 Å². The fourth-order valence-corrected chi connectivity index (χ4v) is 3.19. The molecule has 3 rings (SSSR count). The van der Waals surface area contributed by atoms with Crippen LogP contribution in [0.3, 0.4) is 0 Å². The van der Waals surface area contributed by atoms with Crippen LogP contribution >= 0.6 is 12.4 Å². The van der Waals surface area contributed by atoms with Crippen molar-refractivity contribution in [2.24, 2.45) is 0 Å². The Morgan fingerprint density at radius 1 is 1.38 bits per heavy atom. The molecule has 1 aromatic carbocycles. The van der Waals surface area contributed by atoms with E-state index < -0.39 is 11.8 Å². The highest BCUT2D eigenvalue weighted by molar-refractivity contribution is 6.05. The van der Waals surface area contributed by atoms with Crippen LogP contribution in [0.15, 0.2) is 18.5 Å². The molecule has 2 N–H and O–H groups in total. The van der Waals surface area contributed by atoms with Crippen molar-refractivity contribution in [1.82, 2.24) is 14.9 Å². The smallest absolute Gasteiger partial charge is 0.303 e. The van der Waals surface area contributed by atoms with Crippen molar-refractivity contribution in [3.05, 3.63) is 29.8 Å². The van der Waals surface area contributed by atoms with Gasteiger partial charge < -0.3 is 15.0 Å². The largest absolute Gasteiger partial charge is 0.481 e. The summed E-state index contributed by atoms with van der Waals surface area (Å²) in [6, 6.07) is 2.38. The normalized spacial score (nSPS) is 17.5. The number of carboxylic acid groups (broad SMARTS) is 1. The number of aromatic nitrogens is 2. The molecular formula is C16H19ClFN3O3. The molecule has 1 saturated heterocycles. The molecule has 2 heterocycles. The van der Waals surface area contributed by atoms with Crippen LogP contribution < -0.4 is 0 Å². The van der Waals surface area contributed by atoms with Gasteiger partial charge in [-0.1, -0.05) is 0 Å². The molecule has 1 aliphatic rings. The summed E-state index contributed by atoms with van der Waals surface area (Å²) in [5.41, 5.74) is 1.15. The lowest BCUT2D eigenvalue weighted by Crippen LogP contribution is -2.44. The van der Waals surface area contributed by atoms with Gasteiger partial charge in [0, 0.05) is 19.0 Å². The number of likely N-dealkylation sites (tertiary alicyclic amines) is 1. The molecule has 2 aromatic rings. The van der Waals surface area contributed by atoms with Crippen molar-refractivity contribution >= 4 is 35.3 Å². The fraction of sp³-hybridized carbons (Fsp3) is 0.438. The number of carbonyl (C=O) groups excluding carboxylic acids is 1. The fourth-order valence-electron chi connectivity index (χ4n) is 3.19. The SMILES string of the molecule is Cl.O=C(O)CCC1CCCCN1C(=O)c1cc(F)cc2[nH]cnc12. The van der Waals surface area contributed by atoms with Crippen molar-refractivity contribution < 1.29 is 19.1 Å². The van der Waals surface area contributed by atoms with Gasteiger partial charge in [0.1, 0.15) is 11.3 Å². The predicted octanol–water partition coefficient (Wildman–Crippen LogP) is 2.98. The Kier molecular flexibility index (Phi) is 5.77. The molecular weight excluding hydrogens is 337 g/mol. The molecule has 1 amide bonds. The number of amides is 1. The second-order valence-electron chi connectivity index (χ2n) is 5.83. The molecule has 8 heteroatoms. The molecule has 130 valence electrons. The minimum absolute atomic E-state index is 0. The number of rotatable bonds is 4. The number of imidazole rings is 1. The second-order valence-corrected chi connectivity index (χ2v) is 5.83. The highest BCUT2D eigenvalue weighted by atomic mass is 35.5. The van der Waals surface area contributed by atoms with Crippen molar-refractivity contribution in [2.75, 3.05) is 6.54 Å². The molecule has 1 unspecified atom stereocenters. The molecule has 1 aliphatic heterocycles. The first-order valence-corrected chi connectivity index (χ1v) is 7.71. The third kappa shape index (κ3) is 3.67. The Bertz CT molecular complexity index is 749. The molecule has 0 saturated carbocycles. The number of aliphatic carboxylic acids is 1.